The van der Waals surface area contributed by atoms with Crippen LogP contribution >= 0.6 is 0 Å². The van der Waals surface area contributed by atoms with Gasteiger partial charge in [-0.05, 0) is 38.8 Å². The third-order valence-corrected chi connectivity index (χ3v) is 21.5. The summed E-state index contributed by atoms with van der Waals surface area (Å²) in [5.74, 6) is -6.87. The second-order valence-corrected chi connectivity index (χ2v) is 27.9. The maximum atomic E-state index is 14.1. The van der Waals surface area contributed by atoms with E-state index in [9.17, 15) is 64.5 Å². The van der Waals surface area contributed by atoms with Crippen molar-refractivity contribution in [2.24, 2.45) is 16.9 Å². The van der Waals surface area contributed by atoms with Gasteiger partial charge in [-0.3, -0.25) is 38.6 Å². The van der Waals surface area contributed by atoms with E-state index >= 15 is 0 Å². The molecule has 10 aliphatic rings. The lowest BCUT2D eigenvalue weighted by Gasteiger charge is -2.44. The fourth-order valence-corrected chi connectivity index (χ4v) is 16.6. The van der Waals surface area contributed by atoms with Crippen LogP contribution < -0.4 is 14.9 Å². The molecule has 6 fully saturated rings. The number of fused-ring (bicyclic) bond motifs is 12. The standard InChI is InChI=1S/C37H45N3O12.C35H41NO11/c1-6-21-36-40(10-11-49-21)20-12-25(50-17(4)34(20)52-36)51-23-14-37(47,24(15-41)38-39-35(46)16(2)3)13-19-27(23)33(45)29-28(31(19)43)30(42)18-8-7-9-22(48-5)26(18)32(29)44;1-6-20-34-36(10-11-44-20)19-12-23(45-16(4)32(19)47-34)46-22-14-35(42,33(41)15(2)3)13-18-25(22)31(40)27-26(29(18)38)28(37)17-8-7-9-21(43-5)24(17)30(27)39/h7-9,16-17,20-21,23,25,34,36,41,43,45,47H,6,10-15H2,1-5H3,(H,39,46);7-9,15-16,19-20,22-23,32,34,38,40,42H,6,10-14H2,1-5H3/b38-24+;/t17-,20-,21+,23-,25-,34+,36+,37-;16-,19-,20+,22-,23-,32+,34+,35-/m00/s1. The van der Waals surface area contributed by atoms with Gasteiger partial charge in [-0.2, -0.15) is 5.10 Å². The second-order valence-electron chi connectivity index (χ2n) is 27.9. The van der Waals surface area contributed by atoms with Gasteiger partial charge < -0.3 is 83.1 Å². The second kappa shape index (κ2) is 26.9. The van der Waals surface area contributed by atoms with Crippen molar-refractivity contribution >= 4 is 40.5 Å². The Morgan fingerprint density at radius 3 is 1.43 bits per heavy atom. The Bertz CT molecular complexity index is 3990. The lowest BCUT2D eigenvalue weighted by molar-refractivity contribution is -0.247. The summed E-state index contributed by atoms with van der Waals surface area (Å²) in [5.41, 5.74) is -3.69. The van der Waals surface area contributed by atoms with Crippen LogP contribution in [0.4, 0.5) is 0 Å². The van der Waals surface area contributed by atoms with Crippen molar-refractivity contribution < 1.29 is 112 Å². The Hall–Kier alpha value is -7.35. The number of ketones is 5. The Labute approximate surface area is 571 Å². The number of carbonyl (C=O) groups excluding carboxylic acids is 6. The van der Waals surface area contributed by atoms with Gasteiger partial charge in [0, 0.05) is 109 Å². The predicted octanol–water partition coefficient (Wildman–Crippen LogP) is 5.26. The molecule has 6 aliphatic heterocycles. The Balaban J connectivity index is 0.000000179. The molecule has 0 saturated carbocycles. The number of hydrogen-bond acceptors (Lipinski definition) is 26. The number of methoxy groups -OCH3 is 2. The third kappa shape index (κ3) is 11.6. The zero-order valence-corrected chi connectivity index (χ0v) is 56.9. The molecule has 0 radical (unpaired) electrons. The van der Waals surface area contributed by atoms with Crippen molar-refractivity contribution in [2.45, 2.75) is 204 Å². The van der Waals surface area contributed by atoms with Crippen LogP contribution in [0.1, 0.15) is 192 Å². The molecule has 532 valence electrons. The number of carbonyl (C=O) groups is 6. The number of ether oxygens (including phenoxy) is 10. The zero-order valence-electron chi connectivity index (χ0n) is 56.9. The number of rotatable bonds is 14. The topological polar surface area (TPSA) is 367 Å². The molecule has 0 unspecified atom stereocenters. The fraction of sp³-hybridized carbons (Fsp3) is 0.569. The number of aliphatic hydroxyl groups excluding tert-OH is 1. The van der Waals surface area contributed by atoms with Crippen molar-refractivity contribution in [1.29, 1.82) is 0 Å². The highest BCUT2D eigenvalue weighted by Gasteiger charge is 2.58. The number of hydrogen-bond donors (Lipinski definition) is 8. The van der Waals surface area contributed by atoms with Crippen molar-refractivity contribution in [2.75, 3.05) is 47.1 Å². The molecule has 99 heavy (non-hydrogen) atoms. The Kier molecular flexibility index (Phi) is 19.0. The van der Waals surface area contributed by atoms with E-state index in [0.717, 1.165) is 12.8 Å². The van der Waals surface area contributed by atoms with Gasteiger partial charge in [-0.15, -0.1) is 0 Å². The van der Waals surface area contributed by atoms with E-state index < -0.39 is 136 Å². The lowest BCUT2D eigenvalue weighted by atomic mass is 9.70. The summed E-state index contributed by atoms with van der Waals surface area (Å²) in [6.45, 7) is 16.2. The molecule has 0 spiro atoms. The molecule has 14 rings (SSSR count). The first-order valence-corrected chi connectivity index (χ1v) is 34.1. The predicted molar refractivity (Wildman–Crippen MR) is 347 cm³/mol. The van der Waals surface area contributed by atoms with E-state index in [1.54, 1.807) is 33.8 Å². The average Bonchev–Trinajstić information content (AvgIpc) is 1.48. The van der Waals surface area contributed by atoms with E-state index in [1.165, 1.54) is 44.6 Å². The number of phenols is 4. The number of nitrogens with one attached hydrogen (secondary N) is 1. The van der Waals surface area contributed by atoms with Gasteiger partial charge in [0.05, 0.1) is 110 Å². The van der Waals surface area contributed by atoms with Gasteiger partial charge in [-0.25, -0.2) is 5.43 Å². The number of hydrazone groups is 1. The molecule has 4 aliphatic carbocycles. The maximum Gasteiger partial charge on any atom is 0.242 e. The van der Waals surface area contributed by atoms with E-state index in [0.29, 0.717) is 39.1 Å². The largest absolute Gasteiger partial charge is 0.507 e. The monoisotopic (exact) mass is 1370 g/mol. The molecular formula is C72H86N4O23. The first kappa shape index (κ1) is 70.1. The summed E-state index contributed by atoms with van der Waals surface area (Å²) >= 11 is 0. The van der Waals surface area contributed by atoms with Gasteiger partial charge in [-0.1, -0.05) is 65.8 Å². The van der Waals surface area contributed by atoms with Gasteiger partial charge in [0.1, 0.15) is 70.4 Å². The summed E-state index contributed by atoms with van der Waals surface area (Å²) in [5, 5.41) is 86.0. The summed E-state index contributed by atoms with van der Waals surface area (Å²) in [6.07, 6.45) is -5.26. The Morgan fingerprint density at radius 2 is 1.03 bits per heavy atom. The van der Waals surface area contributed by atoms with Crippen LogP contribution in [-0.2, 0) is 60.3 Å². The highest BCUT2D eigenvalue weighted by Crippen LogP contribution is 2.56. The minimum atomic E-state index is -2.05. The number of phenolic OH excluding ortho intramolecular Hbond substituents is 4. The van der Waals surface area contributed by atoms with Crippen LogP contribution in [-0.4, -0.2) is 218 Å². The van der Waals surface area contributed by atoms with Crippen LogP contribution in [0.3, 0.4) is 0 Å². The number of morpholine rings is 2. The van der Waals surface area contributed by atoms with E-state index in [1.807, 2.05) is 20.8 Å². The molecule has 4 aromatic carbocycles. The van der Waals surface area contributed by atoms with Crippen molar-refractivity contribution in [3.63, 3.8) is 0 Å². The molecule has 8 N–H and O–H groups in total. The summed E-state index contributed by atoms with van der Waals surface area (Å²) < 4.78 is 61.3. The van der Waals surface area contributed by atoms with Gasteiger partial charge >= 0.3 is 0 Å². The first-order chi connectivity index (χ1) is 47.2. The molecule has 1 amide bonds. The molecule has 0 bridgehead atoms. The number of benzene rings is 4. The minimum absolute atomic E-state index is 0.0123. The normalized spacial score (nSPS) is 32.2. The molecule has 0 aromatic heterocycles. The smallest absolute Gasteiger partial charge is 0.242 e. The lowest BCUT2D eigenvalue weighted by Crippen LogP contribution is -2.55. The Morgan fingerprint density at radius 1 is 0.606 bits per heavy atom. The van der Waals surface area contributed by atoms with Crippen molar-refractivity contribution in [1.82, 2.24) is 15.2 Å². The van der Waals surface area contributed by atoms with Gasteiger partial charge in [0.25, 0.3) is 0 Å². The van der Waals surface area contributed by atoms with Crippen LogP contribution in [0.25, 0.3) is 0 Å². The molecule has 16 atom stereocenters. The quantitative estimate of drug-likeness (QED) is 0.0392. The number of aromatic hydroxyl groups is 4. The van der Waals surface area contributed by atoms with Gasteiger partial charge in [0.15, 0.2) is 29.9 Å². The molecule has 4 aromatic rings. The zero-order chi connectivity index (χ0) is 70.7. The fourth-order valence-electron chi connectivity index (χ4n) is 16.6. The van der Waals surface area contributed by atoms with E-state index in [-0.39, 0.29) is 147 Å². The molecule has 6 heterocycles. The molecule has 27 nitrogen and oxygen atoms in total. The average molecular weight is 1380 g/mol. The number of Topliss-reactive ketones (excluding diaryl/α,β-unsaturated/α-hetero) is 1. The van der Waals surface area contributed by atoms with Crippen LogP contribution in [0.15, 0.2) is 41.5 Å². The maximum absolute atomic E-state index is 14.1. The van der Waals surface area contributed by atoms with E-state index in [2.05, 4.69) is 27.3 Å². The van der Waals surface area contributed by atoms with Crippen molar-refractivity contribution in [3.05, 3.63) is 103 Å². The highest BCUT2D eigenvalue weighted by atomic mass is 16.7. The summed E-state index contributed by atoms with van der Waals surface area (Å²) in [6, 6.07) is 8.87. The van der Waals surface area contributed by atoms with Crippen LogP contribution in [0.5, 0.6) is 34.5 Å². The van der Waals surface area contributed by atoms with Gasteiger partial charge in [0.2, 0.25) is 17.5 Å². The number of aliphatic hydroxyl groups is 3. The van der Waals surface area contributed by atoms with Crippen LogP contribution in [0, 0.1) is 11.8 Å². The number of nitrogens with zero attached hydrogens (tertiary/aromatic N) is 3. The van der Waals surface area contributed by atoms with Crippen LogP contribution in [0.2, 0.25) is 0 Å². The molecular weight excluding hydrogens is 1290 g/mol. The minimum Gasteiger partial charge on any atom is -0.507 e. The summed E-state index contributed by atoms with van der Waals surface area (Å²) in [7, 11) is 2.73. The summed E-state index contributed by atoms with van der Waals surface area (Å²) in [4.78, 5) is 86.2. The first-order valence-electron chi connectivity index (χ1n) is 34.1. The molecule has 27 heteroatoms. The van der Waals surface area contributed by atoms with E-state index in [4.69, 9.17) is 47.4 Å². The highest BCUT2D eigenvalue weighted by molar-refractivity contribution is 6.32. The molecule has 6 saturated heterocycles. The third-order valence-electron chi connectivity index (χ3n) is 21.5. The SMILES string of the molecule is CC[C@H]1OCCN2[C@@H]1O[C@@H]1[C@H](C)O[C@@H](O[C@H]3C[C@](O)(/C(CO)=N/NC(=O)C(C)C)Cc4c(O)c5c(c(O)c43)C(=O)c3c(OC)cccc3C5=O)C[C@@H]12.CC[C@H]1OCCN2[C@@H]1O[C@@H]1[C@H](C)O[C@@H](O[C@H]3C[C@](O)(C(=O)C(C)C)Cc4c(O)c5c(c(O)c43)C(=O)c3c(OC)cccc3C5=O)C[C@@H]12. The van der Waals surface area contributed by atoms with Crippen molar-refractivity contribution in [3.8, 4) is 34.5 Å². The number of amides is 1.